The summed E-state index contributed by atoms with van der Waals surface area (Å²) in [4.78, 5) is 8.27. The minimum absolute atomic E-state index is 0.0611. The summed E-state index contributed by atoms with van der Waals surface area (Å²) in [5.41, 5.74) is 6.14. The molecule has 0 radical (unpaired) electrons. The van der Waals surface area contributed by atoms with Gasteiger partial charge in [-0.15, -0.1) is 11.3 Å². The first-order valence-electron chi connectivity index (χ1n) is 4.76. The van der Waals surface area contributed by atoms with Crippen LogP contribution >= 0.6 is 11.3 Å². The molecule has 0 spiro atoms. The normalized spacial score (nSPS) is 12.9. The van der Waals surface area contributed by atoms with E-state index in [4.69, 9.17) is 15.0 Å². The predicted octanol–water partition coefficient (Wildman–Crippen LogP) is 1.35. The molecule has 0 fully saturated rings. The third-order valence-corrected chi connectivity index (χ3v) is 2.76. The molecule has 2 rings (SSSR count). The van der Waals surface area contributed by atoms with Gasteiger partial charge in [0.05, 0.1) is 6.10 Å². The van der Waals surface area contributed by atoms with Gasteiger partial charge in [0.2, 0.25) is 0 Å². The van der Waals surface area contributed by atoms with Gasteiger partial charge in [-0.25, -0.2) is 4.98 Å². The number of nitrogen functional groups attached to an aromatic ring is 1. The fourth-order valence-corrected chi connectivity index (χ4v) is 1.70. The lowest BCUT2D eigenvalue weighted by molar-refractivity contribution is 0.116. The number of thiazole rings is 1. The quantitative estimate of drug-likeness (QED) is 0.868. The molecule has 0 saturated heterocycles. The molecule has 16 heavy (non-hydrogen) atoms. The van der Waals surface area contributed by atoms with Crippen molar-refractivity contribution in [1.82, 2.24) is 15.1 Å². The number of hydrogen-bond donors (Lipinski definition) is 1. The predicted molar refractivity (Wildman–Crippen MR) is 60.0 cm³/mol. The Balaban J connectivity index is 2.13. The van der Waals surface area contributed by atoms with Gasteiger partial charge in [-0.3, -0.25) is 0 Å². The van der Waals surface area contributed by atoms with Gasteiger partial charge in [-0.05, 0) is 6.92 Å². The van der Waals surface area contributed by atoms with E-state index in [0.29, 0.717) is 29.0 Å². The molecule has 86 valence electrons. The van der Waals surface area contributed by atoms with Gasteiger partial charge in [-0.2, -0.15) is 4.98 Å². The van der Waals surface area contributed by atoms with E-state index in [1.807, 2.05) is 6.92 Å². The van der Waals surface area contributed by atoms with Crippen molar-refractivity contribution >= 4 is 16.5 Å². The van der Waals surface area contributed by atoms with Crippen LogP contribution in [0, 0.1) is 0 Å². The fraction of sp³-hybridized carbons (Fsp3) is 0.444. The molecule has 0 aliphatic heterocycles. The number of methoxy groups -OCH3 is 1. The lowest BCUT2D eigenvalue weighted by Crippen LogP contribution is -2.09. The molecule has 2 aromatic heterocycles. The third kappa shape index (κ3) is 2.37. The van der Waals surface area contributed by atoms with Crippen LogP contribution in [0.3, 0.4) is 0 Å². The largest absolute Gasteiger partial charge is 0.381 e. The number of ether oxygens (including phenoxy) is 1. The van der Waals surface area contributed by atoms with Crippen molar-refractivity contribution < 1.29 is 9.26 Å². The fourth-order valence-electron chi connectivity index (χ4n) is 1.17. The number of anilines is 1. The van der Waals surface area contributed by atoms with Gasteiger partial charge in [0.15, 0.2) is 11.0 Å². The molecular formula is C9H12N4O2S. The van der Waals surface area contributed by atoms with Crippen molar-refractivity contribution in [3.8, 4) is 11.6 Å². The first kappa shape index (κ1) is 11.0. The van der Waals surface area contributed by atoms with E-state index in [1.165, 1.54) is 11.3 Å². The minimum Gasteiger partial charge on any atom is -0.381 e. The van der Waals surface area contributed by atoms with Gasteiger partial charge in [0.1, 0.15) is 5.69 Å². The molecule has 2 heterocycles. The zero-order valence-corrected chi connectivity index (χ0v) is 9.82. The maximum Gasteiger partial charge on any atom is 0.277 e. The summed E-state index contributed by atoms with van der Waals surface area (Å²) in [7, 11) is 1.65. The average Bonchev–Trinajstić information content (AvgIpc) is 2.87. The Kier molecular flexibility index (Phi) is 3.16. The van der Waals surface area contributed by atoms with E-state index in [2.05, 4.69) is 15.1 Å². The second-order valence-electron chi connectivity index (χ2n) is 3.34. The van der Waals surface area contributed by atoms with Gasteiger partial charge >= 0.3 is 0 Å². The third-order valence-electron chi connectivity index (χ3n) is 2.08. The van der Waals surface area contributed by atoms with Crippen LogP contribution in [0.1, 0.15) is 12.7 Å². The molecule has 0 bridgehead atoms. The number of rotatable bonds is 4. The first-order chi connectivity index (χ1) is 7.69. The Labute approximate surface area is 96.4 Å². The molecule has 1 unspecified atom stereocenters. The van der Waals surface area contributed by atoms with Gasteiger partial charge in [0, 0.05) is 18.9 Å². The molecule has 0 aromatic carbocycles. The van der Waals surface area contributed by atoms with Crippen LogP contribution in [-0.2, 0) is 11.2 Å². The van der Waals surface area contributed by atoms with E-state index in [-0.39, 0.29) is 6.10 Å². The van der Waals surface area contributed by atoms with Gasteiger partial charge in [-0.1, -0.05) is 5.16 Å². The Morgan fingerprint density at radius 3 is 3.00 bits per heavy atom. The highest BCUT2D eigenvalue weighted by atomic mass is 32.1. The lowest BCUT2D eigenvalue weighted by atomic mass is 10.3. The van der Waals surface area contributed by atoms with Crippen molar-refractivity contribution in [3.63, 3.8) is 0 Å². The highest BCUT2D eigenvalue weighted by molar-refractivity contribution is 7.13. The molecule has 1 atom stereocenters. The maximum atomic E-state index is 5.52. The molecule has 0 aliphatic carbocycles. The van der Waals surface area contributed by atoms with Crippen LogP contribution in [0.4, 0.5) is 5.13 Å². The van der Waals surface area contributed by atoms with Crippen molar-refractivity contribution in [2.45, 2.75) is 19.4 Å². The molecular weight excluding hydrogens is 228 g/mol. The second-order valence-corrected chi connectivity index (χ2v) is 4.23. The van der Waals surface area contributed by atoms with Crippen molar-refractivity contribution in [2.75, 3.05) is 12.8 Å². The number of hydrogen-bond acceptors (Lipinski definition) is 7. The summed E-state index contributed by atoms with van der Waals surface area (Å²) in [6.45, 7) is 1.94. The SMILES string of the molecule is COC(C)Cc1noc(-c2csc(N)n2)n1. The minimum atomic E-state index is 0.0611. The van der Waals surface area contributed by atoms with E-state index < -0.39 is 0 Å². The lowest BCUT2D eigenvalue weighted by Gasteiger charge is -2.03. The Bertz CT molecular complexity index is 468. The number of nitrogens with zero attached hydrogens (tertiary/aromatic N) is 3. The van der Waals surface area contributed by atoms with Crippen LogP contribution < -0.4 is 5.73 Å². The van der Waals surface area contributed by atoms with E-state index >= 15 is 0 Å². The summed E-state index contributed by atoms with van der Waals surface area (Å²) < 4.78 is 10.2. The maximum absolute atomic E-state index is 5.52. The van der Waals surface area contributed by atoms with Crippen molar-refractivity contribution in [1.29, 1.82) is 0 Å². The monoisotopic (exact) mass is 240 g/mol. The molecule has 0 saturated carbocycles. The van der Waals surface area contributed by atoms with Crippen LogP contribution in [0.2, 0.25) is 0 Å². The highest BCUT2D eigenvalue weighted by Crippen LogP contribution is 2.21. The standard InChI is InChI=1S/C9H12N4O2S/c1-5(14-2)3-7-12-8(15-13-7)6-4-16-9(10)11-6/h4-5H,3H2,1-2H3,(H2,10,11). The summed E-state index contributed by atoms with van der Waals surface area (Å²) in [6, 6.07) is 0. The van der Waals surface area contributed by atoms with E-state index in [9.17, 15) is 0 Å². The van der Waals surface area contributed by atoms with Gasteiger partial charge < -0.3 is 15.0 Å². The summed E-state index contributed by atoms with van der Waals surface area (Å²) >= 11 is 1.34. The Morgan fingerprint density at radius 2 is 2.38 bits per heavy atom. The Morgan fingerprint density at radius 1 is 1.56 bits per heavy atom. The second kappa shape index (κ2) is 4.58. The molecule has 6 nitrogen and oxygen atoms in total. The van der Waals surface area contributed by atoms with E-state index in [0.717, 1.165) is 0 Å². The smallest absolute Gasteiger partial charge is 0.277 e. The van der Waals surface area contributed by atoms with Crippen LogP contribution in [0.25, 0.3) is 11.6 Å². The van der Waals surface area contributed by atoms with Crippen molar-refractivity contribution in [2.24, 2.45) is 0 Å². The highest BCUT2D eigenvalue weighted by Gasteiger charge is 2.13. The van der Waals surface area contributed by atoms with Crippen LogP contribution in [-0.4, -0.2) is 28.3 Å². The molecule has 2 aromatic rings. The van der Waals surface area contributed by atoms with Crippen molar-refractivity contribution in [3.05, 3.63) is 11.2 Å². The zero-order valence-electron chi connectivity index (χ0n) is 9.01. The first-order valence-corrected chi connectivity index (χ1v) is 5.63. The van der Waals surface area contributed by atoms with Crippen LogP contribution in [0.15, 0.2) is 9.90 Å². The number of aromatic nitrogens is 3. The average molecular weight is 240 g/mol. The number of nitrogens with two attached hydrogens (primary N) is 1. The van der Waals surface area contributed by atoms with Crippen LogP contribution in [0.5, 0.6) is 0 Å². The summed E-state index contributed by atoms with van der Waals surface area (Å²) in [5.74, 6) is 1.00. The molecule has 2 N–H and O–H groups in total. The van der Waals surface area contributed by atoms with Gasteiger partial charge in [0.25, 0.3) is 5.89 Å². The topological polar surface area (TPSA) is 87.1 Å². The summed E-state index contributed by atoms with van der Waals surface area (Å²) in [6.07, 6.45) is 0.672. The Hall–Kier alpha value is -1.47. The molecule has 0 amide bonds. The van der Waals surface area contributed by atoms with E-state index in [1.54, 1.807) is 12.5 Å². The summed E-state index contributed by atoms with van der Waals surface area (Å²) in [5, 5.41) is 6.12. The zero-order chi connectivity index (χ0) is 11.5. The molecule has 0 aliphatic rings. The molecule has 7 heteroatoms.